The summed E-state index contributed by atoms with van der Waals surface area (Å²) in [5.74, 6) is -0.0457. The lowest BCUT2D eigenvalue weighted by atomic mass is 10.1. The number of nitrogens with zero attached hydrogens (tertiary/aromatic N) is 2. The maximum atomic E-state index is 12.1. The summed E-state index contributed by atoms with van der Waals surface area (Å²) in [6, 6.07) is 15.6. The Morgan fingerprint density at radius 3 is 2.64 bits per heavy atom. The van der Waals surface area contributed by atoms with Gasteiger partial charge in [-0.05, 0) is 43.9 Å². The molecular weight excluding hydrogens is 312 g/mol. The molecule has 0 aliphatic heterocycles. The summed E-state index contributed by atoms with van der Waals surface area (Å²) in [4.78, 5) is 14.1. The topological polar surface area (TPSA) is 61.0 Å². The zero-order valence-corrected chi connectivity index (χ0v) is 14.5. The van der Waals surface area contributed by atoms with Crippen molar-refractivity contribution in [3.05, 3.63) is 65.4 Å². The van der Waals surface area contributed by atoms with Crippen LogP contribution in [0.1, 0.15) is 21.6 Å². The van der Waals surface area contributed by atoms with Crippen LogP contribution in [0.4, 0.5) is 0 Å². The predicted octanol–water partition coefficient (Wildman–Crippen LogP) is 3.02. The molecule has 0 saturated heterocycles. The summed E-state index contributed by atoms with van der Waals surface area (Å²) in [6.45, 7) is 1.46. The number of carbonyl (C=O) groups is 1. The number of benzene rings is 2. The van der Waals surface area contributed by atoms with Gasteiger partial charge in [0.15, 0.2) is 0 Å². The zero-order chi connectivity index (χ0) is 17.6. The van der Waals surface area contributed by atoms with Crippen molar-refractivity contribution in [1.29, 1.82) is 0 Å². The number of amides is 1. The SMILES string of the molecule is CN(C)CCNC(=O)c1ccc(/C=C/c2n[nH]c3ccccc23)cc1. The van der Waals surface area contributed by atoms with Gasteiger partial charge in [0.25, 0.3) is 5.91 Å². The maximum Gasteiger partial charge on any atom is 0.251 e. The normalized spacial score (nSPS) is 11.5. The van der Waals surface area contributed by atoms with Crippen LogP contribution in [0.2, 0.25) is 0 Å². The third kappa shape index (κ3) is 4.33. The van der Waals surface area contributed by atoms with Crippen LogP contribution < -0.4 is 5.32 Å². The minimum atomic E-state index is -0.0457. The highest BCUT2D eigenvalue weighted by Gasteiger charge is 2.05. The van der Waals surface area contributed by atoms with Crippen LogP contribution in [0.15, 0.2) is 48.5 Å². The first kappa shape index (κ1) is 16.9. The van der Waals surface area contributed by atoms with Gasteiger partial charge in [-0.25, -0.2) is 0 Å². The van der Waals surface area contributed by atoms with Crippen molar-refractivity contribution in [2.24, 2.45) is 0 Å². The Morgan fingerprint density at radius 2 is 1.88 bits per heavy atom. The second-order valence-corrected chi connectivity index (χ2v) is 6.17. The fourth-order valence-electron chi connectivity index (χ4n) is 2.53. The van der Waals surface area contributed by atoms with Crippen LogP contribution >= 0.6 is 0 Å². The second-order valence-electron chi connectivity index (χ2n) is 6.17. The lowest BCUT2D eigenvalue weighted by Gasteiger charge is -2.10. The first-order valence-electron chi connectivity index (χ1n) is 8.27. The summed E-state index contributed by atoms with van der Waals surface area (Å²) < 4.78 is 0. The van der Waals surface area contributed by atoms with Crippen molar-refractivity contribution in [3.63, 3.8) is 0 Å². The van der Waals surface area contributed by atoms with Gasteiger partial charge in [-0.15, -0.1) is 0 Å². The van der Waals surface area contributed by atoms with Crippen LogP contribution in [0.25, 0.3) is 23.1 Å². The third-order valence-electron chi connectivity index (χ3n) is 3.95. The molecule has 0 radical (unpaired) electrons. The van der Waals surface area contributed by atoms with Crippen molar-refractivity contribution in [3.8, 4) is 0 Å². The van der Waals surface area contributed by atoms with Crippen LogP contribution in [0.3, 0.4) is 0 Å². The van der Waals surface area contributed by atoms with Gasteiger partial charge >= 0.3 is 0 Å². The summed E-state index contributed by atoms with van der Waals surface area (Å²) in [5.41, 5.74) is 3.62. The highest BCUT2D eigenvalue weighted by atomic mass is 16.1. The number of likely N-dealkylation sites (N-methyl/N-ethyl adjacent to an activating group) is 1. The molecule has 0 fully saturated rings. The van der Waals surface area contributed by atoms with E-state index in [9.17, 15) is 4.79 Å². The Bertz CT molecular complexity index is 878. The van der Waals surface area contributed by atoms with Gasteiger partial charge in [-0.3, -0.25) is 9.89 Å². The monoisotopic (exact) mass is 334 g/mol. The van der Waals surface area contributed by atoms with E-state index in [0.717, 1.165) is 28.7 Å². The van der Waals surface area contributed by atoms with Crippen LogP contribution in [0, 0.1) is 0 Å². The summed E-state index contributed by atoms with van der Waals surface area (Å²) in [7, 11) is 3.96. The van der Waals surface area contributed by atoms with Gasteiger partial charge in [0, 0.05) is 24.0 Å². The molecule has 25 heavy (non-hydrogen) atoms. The van der Waals surface area contributed by atoms with E-state index in [-0.39, 0.29) is 5.91 Å². The van der Waals surface area contributed by atoms with E-state index in [1.54, 1.807) is 0 Å². The number of hydrogen-bond donors (Lipinski definition) is 2. The molecule has 0 atom stereocenters. The summed E-state index contributed by atoms with van der Waals surface area (Å²) in [5, 5.41) is 11.3. The largest absolute Gasteiger partial charge is 0.351 e. The third-order valence-corrected chi connectivity index (χ3v) is 3.95. The number of nitrogens with one attached hydrogen (secondary N) is 2. The van der Waals surface area contributed by atoms with E-state index < -0.39 is 0 Å². The Hall–Kier alpha value is -2.92. The molecule has 1 heterocycles. The maximum absolute atomic E-state index is 12.1. The Morgan fingerprint density at radius 1 is 1.12 bits per heavy atom. The average molecular weight is 334 g/mol. The highest BCUT2D eigenvalue weighted by Crippen LogP contribution is 2.17. The fraction of sp³-hybridized carbons (Fsp3) is 0.200. The molecule has 0 unspecified atom stereocenters. The van der Waals surface area contributed by atoms with Crippen LogP contribution in [-0.2, 0) is 0 Å². The van der Waals surface area contributed by atoms with E-state index in [1.165, 1.54) is 0 Å². The minimum absolute atomic E-state index is 0.0457. The van der Waals surface area contributed by atoms with Crippen molar-refractivity contribution in [2.45, 2.75) is 0 Å². The molecule has 0 bridgehead atoms. The fourth-order valence-corrected chi connectivity index (χ4v) is 2.53. The lowest BCUT2D eigenvalue weighted by Crippen LogP contribution is -2.31. The molecule has 5 heteroatoms. The number of rotatable bonds is 6. The second kappa shape index (κ2) is 7.77. The molecule has 5 nitrogen and oxygen atoms in total. The van der Waals surface area contributed by atoms with Crippen molar-refractivity contribution >= 4 is 29.0 Å². The molecule has 3 rings (SSSR count). The molecule has 0 aliphatic carbocycles. The quantitative estimate of drug-likeness (QED) is 0.728. The first-order valence-corrected chi connectivity index (χ1v) is 8.27. The first-order chi connectivity index (χ1) is 12.1. The van der Waals surface area contributed by atoms with Crippen molar-refractivity contribution in [2.75, 3.05) is 27.2 Å². The molecule has 128 valence electrons. The van der Waals surface area contributed by atoms with E-state index >= 15 is 0 Å². The van der Waals surface area contributed by atoms with Gasteiger partial charge in [0.1, 0.15) is 0 Å². The van der Waals surface area contributed by atoms with Crippen LogP contribution in [-0.4, -0.2) is 48.2 Å². The lowest BCUT2D eigenvalue weighted by molar-refractivity contribution is 0.0951. The predicted molar refractivity (Wildman–Crippen MR) is 102 cm³/mol. The van der Waals surface area contributed by atoms with Gasteiger partial charge in [0.05, 0.1) is 11.2 Å². The standard InChI is InChI=1S/C20H22N4O/c1-24(2)14-13-21-20(25)16-10-7-15(8-11-16)9-12-19-17-5-3-4-6-18(17)22-23-19/h3-12H,13-14H2,1-2H3,(H,21,25)(H,22,23)/b12-9+. The number of para-hydroxylation sites is 1. The Balaban J connectivity index is 1.65. The summed E-state index contributed by atoms with van der Waals surface area (Å²) in [6.07, 6.45) is 3.97. The number of aromatic nitrogens is 2. The molecule has 1 amide bonds. The Labute approximate surface area is 147 Å². The van der Waals surface area contributed by atoms with E-state index in [4.69, 9.17) is 0 Å². The molecule has 0 saturated carbocycles. The van der Waals surface area contributed by atoms with Crippen LogP contribution in [0.5, 0.6) is 0 Å². The van der Waals surface area contributed by atoms with Gasteiger partial charge in [-0.2, -0.15) is 5.10 Å². The molecule has 2 aromatic carbocycles. The molecule has 0 spiro atoms. The number of fused-ring (bicyclic) bond motifs is 1. The van der Waals surface area contributed by atoms with E-state index in [1.807, 2.05) is 79.7 Å². The average Bonchev–Trinajstić information content (AvgIpc) is 3.03. The zero-order valence-electron chi connectivity index (χ0n) is 14.5. The number of H-pyrrole nitrogens is 1. The highest BCUT2D eigenvalue weighted by molar-refractivity contribution is 5.94. The number of carbonyl (C=O) groups excluding carboxylic acids is 1. The van der Waals surface area contributed by atoms with E-state index in [0.29, 0.717) is 12.1 Å². The molecular formula is C20H22N4O. The Kier molecular flexibility index (Phi) is 5.26. The molecule has 2 N–H and O–H groups in total. The van der Waals surface area contributed by atoms with E-state index in [2.05, 4.69) is 15.5 Å². The molecule has 1 aromatic heterocycles. The summed E-state index contributed by atoms with van der Waals surface area (Å²) >= 11 is 0. The van der Waals surface area contributed by atoms with Gasteiger partial charge in [-0.1, -0.05) is 36.4 Å². The minimum Gasteiger partial charge on any atom is -0.351 e. The van der Waals surface area contributed by atoms with Crippen molar-refractivity contribution in [1.82, 2.24) is 20.4 Å². The van der Waals surface area contributed by atoms with Gasteiger partial charge < -0.3 is 10.2 Å². The molecule has 3 aromatic rings. The van der Waals surface area contributed by atoms with Crippen molar-refractivity contribution < 1.29 is 4.79 Å². The van der Waals surface area contributed by atoms with Gasteiger partial charge in [0.2, 0.25) is 0 Å². The molecule has 0 aliphatic rings. The smallest absolute Gasteiger partial charge is 0.251 e. The number of aromatic amines is 1. The number of hydrogen-bond acceptors (Lipinski definition) is 3.